The number of hydrogen-bond donors (Lipinski definition) is 0. The molecule has 3 nitrogen and oxygen atoms in total. The predicted molar refractivity (Wildman–Crippen MR) is 217 cm³/mol. The van der Waals surface area contributed by atoms with E-state index in [0.29, 0.717) is 0 Å². The summed E-state index contributed by atoms with van der Waals surface area (Å²) in [6.07, 6.45) is 1.95. The minimum Gasteiger partial charge on any atom is -0.309 e. The highest BCUT2D eigenvalue weighted by Crippen LogP contribution is 2.51. The molecule has 2 aromatic heterocycles. The first-order chi connectivity index (χ1) is 25.6. The number of benzene rings is 8. The van der Waals surface area contributed by atoms with Crippen LogP contribution in [0, 0.1) is 0 Å². The molecule has 11 rings (SSSR count). The van der Waals surface area contributed by atoms with Gasteiger partial charge in [0.15, 0.2) is 0 Å². The lowest BCUT2D eigenvalue weighted by Gasteiger charge is -2.23. The van der Waals surface area contributed by atoms with Crippen LogP contribution < -0.4 is 0 Å². The summed E-state index contributed by atoms with van der Waals surface area (Å²) in [7, 11) is 0. The molecule has 0 radical (unpaired) electrons. The van der Waals surface area contributed by atoms with E-state index in [1.807, 2.05) is 6.20 Å². The highest BCUT2D eigenvalue weighted by atomic mass is 15.0. The summed E-state index contributed by atoms with van der Waals surface area (Å²) in [5, 5.41) is 7.23. The van der Waals surface area contributed by atoms with Gasteiger partial charge >= 0.3 is 0 Å². The monoisotopic (exact) mass is 663 g/mol. The van der Waals surface area contributed by atoms with E-state index >= 15 is 0 Å². The fourth-order valence-corrected chi connectivity index (χ4v) is 8.92. The van der Waals surface area contributed by atoms with E-state index in [2.05, 4.69) is 176 Å². The second kappa shape index (κ2) is 10.7. The molecule has 8 aromatic carbocycles. The summed E-state index contributed by atoms with van der Waals surface area (Å²) in [6, 6.07) is 57.3. The quantitative estimate of drug-likeness (QED) is 0.176. The molecule has 1 aliphatic carbocycles. The highest BCUT2D eigenvalue weighted by Gasteiger charge is 2.36. The summed E-state index contributed by atoms with van der Waals surface area (Å²) in [6.45, 7) is 4.71. The van der Waals surface area contributed by atoms with Crippen LogP contribution in [0.3, 0.4) is 0 Å². The molecule has 1 aliphatic rings. The molecule has 0 saturated heterocycles. The first-order valence-corrected chi connectivity index (χ1v) is 18.0. The van der Waals surface area contributed by atoms with Crippen LogP contribution >= 0.6 is 0 Å². The van der Waals surface area contributed by atoms with Crippen LogP contribution in [-0.4, -0.2) is 14.5 Å². The Morgan fingerprint density at radius 1 is 0.442 bits per heavy atom. The zero-order chi connectivity index (χ0) is 34.6. The zero-order valence-corrected chi connectivity index (χ0v) is 28.9. The summed E-state index contributed by atoms with van der Waals surface area (Å²) in [4.78, 5) is 10.4. The second-order valence-electron chi connectivity index (χ2n) is 14.6. The second-order valence-corrected chi connectivity index (χ2v) is 14.6. The lowest BCUT2D eigenvalue weighted by atomic mass is 9.81. The van der Waals surface area contributed by atoms with Gasteiger partial charge in [0, 0.05) is 38.1 Å². The number of hydrogen-bond acceptors (Lipinski definition) is 2. The molecule has 0 atom stereocenters. The van der Waals surface area contributed by atoms with E-state index in [1.54, 1.807) is 0 Å². The SMILES string of the molecule is CC1(C)c2cc(-c3cnc4c5ccccc5c5ccccc5c4n3)ccc2-c2ccc(-c3ccccc3-n3c4ccccc4c4ccccc43)cc21. The molecule has 0 amide bonds. The standard InChI is InChI=1S/C49H33N3/c1-49(2)41-27-30(32-13-7-10-20-44(32)52-45-21-11-8-16-37(45)38-17-9-12-22-46(38)52)23-25-35(41)36-26-24-31(28-42(36)49)43-29-50-47-39-18-5-3-14-33(39)34-15-4-6-19-40(34)48(47)51-43/h3-29H,1-2H3. The van der Waals surface area contributed by atoms with Gasteiger partial charge in [-0.15, -0.1) is 0 Å². The van der Waals surface area contributed by atoms with Gasteiger partial charge in [-0.05, 0) is 68.9 Å². The summed E-state index contributed by atoms with van der Waals surface area (Å²) in [5.74, 6) is 0. The molecule has 0 spiro atoms. The van der Waals surface area contributed by atoms with Crippen molar-refractivity contribution in [3.8, 4) is 39.2 Å². The normalized spacial score (nSPS) is 13.3. The van der Waals surface area contributed by atoms with Crippen molar-refractivity contribution in [2.45, 2.75) is 19.3 Å². The van der Waals surface area contributed by atoms with E-state index < -0.39 is 0 Å². The van der Waals surface area contributed by atoms with Crippen molar-refractivity contribution in [2.24, 2.45) is 0 Å². The van der Waals surface area contributed by atoms with Crippen molar-refractivity contribution in [3.05, 3.63) is 175 Å². The lowest BCUT2D eigenvalue weighted by molar-refractivity contribution is 0.661. The molecule has 0 saturated carbocycles. The number of nitrogens with zero attached hydrogens (tertiary/aromatic N) is 3. The van der Waals surface area contributed by atoms with Crippen LogP contribution in [0.25, 0.3) is 93.6 Å². The molecule has 0 N–H and O–H groups in total. The molecular weight excluding hydrogens is 631 g/mol. The maximum atomic E-state index is 5.31. The van der Waals surface area contributed by atoms with Crippen LogP contribution in [-0.2, 0) is 5.41 Å². The number of fused-ring (bicyclic) bond motifs is 12. The Balaban J connectivity index is 1.04. The van der Waals surface area contributed by atoms with Gasteiger partial charge < -0.3 is 4.57 Å². The van der Waals surface area contributed by atoms with Gasteiger partial charge in [-0.25, -0.2) is 4.98 Å². The number of rotatable bonds is 3. The van der Waals surface area contributed by atoms with Crippen LogP contribution in [0.15, 0.2) is 164 Å². The van der Waals surface area contributed by atoms with Crippen LogP contribution in [0.4, 0.5) is 0 Å². The van der Waals surface area contributed by atoms with E-state index in [1.165, 1.54) is 71.6 Å². The predicted octanol–water partition coefficient (Wildman–Crippen LogP) is 12.7. The molecule has 0 fully saturated rings. The van der Waals surface area contributed by atoms with Crippen molar-refractivity contribution >= 4 is 54.4 Å². The first kappa shape index (κ1) is 29.2. The van der Waals surface area contributed by atoms with Gasteiger partial charge in [0.05, 0.1) is 39.6 Å². The molecule has 52 heavy (non-hydrogen) atoms. The molecule has 2 heterocycles. The Bertz CT molecular complexity index is 3020. The summed E-state index contributed by atoms with van der Waals surface area (Å²) >= 11 is 0. The van der Waals surface area contributed by atoms with Crippen molar-refractivity contribution in [3.63, 3.8) is 0 Å². The third-order valence-corrected chi connectivity index (χ3v) is 11.4. The Labute approximate surface area is 301 Å². The molecule has 10 aromatic rings. The first-order valence-electron chi connectivity index (χ1n) is 18.0. The smallest absolute Gasteiger partial charge is 0.0979 e. The maximum Gasteiger partial charge on any atom is 0.0979 e. The number of aromatic nitrogens is 3. The van der Waals surface area contributed by atoms with E-state index in [4.69, 9.17) is 9.97 Å². The van der Waals surface area contributed by atoms with Gasteiger partial charge in [0.2, 0.25) is 0 Å². The third kappa shape index (κ3) is 4.02. The van der Waals surface area contributed by atoms with Crippen molar-refractivity contribution < 1.29 is 0 Å². The van der Waals surface area contributed by atoms with E-state index in [0.717, 1.165) is 33.1 Å². The molecule has 244 valence electrons. The Morgan fingerprint density at radius 3 is 1.60 bits per heavy atom. The minimum atomic E-state index is -0.203. The lowest BCUT2D eigenvalue weighted by Crippen LogP contribution is -2.15. The van der Waals surface area contributed by atoms with Gasteiger partial charge in [-0.3, -0.25) is 4.98 Å². The topological polar surface area (TPSA) is 30.7 Å². The Kier molecular flexibility index (Phi) is 6.01. The third-order valence-electron chi connectivity index (χ3n) is 11.4. The van der Waals surface area contributed by atoms with Crippen molar-refractivity contribution in [2.75, 3.05) is 0 Å². The fourth-order valence-electron chi connectivity index (χ4n) is 8.92. The van der Waals surface area contributed by atoms with Crippen molar-refractivity contribution in [1.82, 2.24) is 14.5 Å². The molecule has 0 bridgehead atoms. The van der Waals surface area contributed by atoms with Crippen LogP contribution in [0.5, 0.6) is 0 Å². The zero-order valence-electron chi connectivity index (χ0n) is 28.9. The average molecular weight is 664 g/mol. The molecule has 0 aliphatic heterocycles. The fraction of sp³-hybridized carbons (Fsp3) is 0.0612. The van der Waals surface area contributed by atoms with E-state index in [9.17, 15) is 0 Å². The molecule has 3 heteroatoms. The van der Waals surface area contributed by atoms with E-state index in [-0.39, 0.29) is 5.41 Å². The summed E-state index contributed by atoms with van der Waals surface area (Å²) in [5.41, 5.74) is 15.0. The Morgan fingerprint density at radius 2 is 0.942 bits per heavy atom. The van der Waals surface area contributed by atoms with Gasteiger partial charge in [-0.2, -0.15) is 0 Å². The van der Waals surface area contributed by atoms with Gasteiger partial charge in [-0.1, -0.05) is 141 Å². The van der Waals surface area contributed by atoms with Crippen LogP contribution in [0.2, 0.25) is 0 Å². The maximum absolute atomic E-state index is 5.31. The van der Waals surface area contributed by atoms with Crippen molar-refractivity contribution in [1.29, 1.82) is 0 Å². The largest absolute Gasteiger partial charge is 0.309 e. The van der Waals surface area contributed by atoms with Gasteiger partial charge in [0.1, 0.15) is 0 Å². The Hall–Kier alpha value is -6.58. The average Bonchev–Trinajstić information content (AvgIpc) is 3.65. The molecule has 0 unspecified atom stereocenters. The minimum absolute atomic E-state index is 0.203. The molecular formula is C49H33N3. The van der Waals surface area contributed by atoms with Crippen LogP contribution in [0.1, 0.15) is 25.0 Å². The number of para-hydroxylation sites is 3. The van der Waals surface area contributed by atoms with Gasteiger partial charge in [0.25, 0.3) is 0 Å². The highest BCUT2D eigenvalue weighted by molar-refractivity contribution is 6.23. The summed E-state index contributed by atoms with van der Waals surface area (Å²) < 4.78 is 2.43.